The predicted octanol–water partition coefficient (Wildman–Crippen LogP) is 2.94. The molecule has 0 bridgehead atoms. The van der Waals surface area contributed by atoms with Gasteiger partial charge in [0.15, 0.2) is 5.65 Å². The third kappa shape index (κ3) is 3.11. The molecule has 0 aliphatic carbocycles. The Labute approximate surface area is 153 Å². The number of hydrogen-bond acceptors (Lipinski definition) is 3. The van der Waals surface area contributed by atoms with Gasteiger partial charge in [0.05, 0.1) is 0 Å². The van der Waals surface area contributed by atoms with E-state index in [0.29, 0.717) is 12.3 Å². The molecule has 0 saturated carbocycles. The van der Waals surface area contributed by atoms with E-state index < -0.39 is 0 Å². The van der Waals surface area contributed by atoms with Crippen molar-refractivity contribution in [1.82, 2.24) is 24.1 Å². The number of carbonyl (C=O) groups excluding carboxylic acids is 1. The number of piperidine rings is 1. The van der Waals surface area contributed by atoms with Crippen molar-refractivity contribution in [3.05, 3.63) is 53.7 Å². The van der Waals surface area contributed by atoms with Crippen molar-refractivity contribution in [1.29, 1.82) is 0 Å². The van der Waals surface area contributed by atoms with Gasteiger partial charge in [-0.15, -0.1) is 10.2 Å². The number of aryl methyl sites for hydroxylation is 2. The van der Waals surface area contributed by atoms with Gasteiger partial charge in [-0.05, 0) is 51.0 Å². The van der Waals surface area contributed by atoms with Crippen LogP contribution in [0.1, 0.15) is 42.4 Å². The van der Waals surface area contributed by atoms with Gasteiger partial charge in [0.2, 0.25) is 5.91 Å². The van der Waals surface area contributed by atoms with Gasteiger partial charge in [0, 0.05) is 49.6 Å². The van der Waals surface area contributed by atoms with Crippen LogP contribution < -0.4 is 0 Å². The van der Waals surface area contributed by atoms with Gasteiger partial charge >= 0.3 is 0 Å². The van der Waals surface area contributed by atoms with E-state index in [4.69, 9.17) is 0 Å². The van der Waals surface area contributed by atoms with Crippen LogP contribution in [0.25, 0.3) is 5.65 Å². The van der Waals surface area contributed by atoms with Crippen molar-refractivity contribution < 1.29 is 4.79 Å². The van der Waals surface area contributed by atoms with E-state index in [1.54, 1.807) is 0 Å². The molecule has 136 valence electrons. The third-order valence-corrected chi connectivity index (χ3v) is 5.52. The molecule has 1 aliphatic rings. The van der Waals surface area contributed by atoms with Gasteiger partial charge in [-0.2, -0.15) is 0 Å². The van der Waals surface area contributed by atoms with Crippen LogP contribution in [-0.4, -0.2) is 43.1 Å². The van der Waals surface area contributed by atoms with Gasteiger partial charge in [-0.3, -0.25) is 9.20 Å². The minimum absolute atomic E-state index is 0.252. The fourth-order valence-electron chi connectivity index (χ4n) is 3.94. The van der Waals surface area contributed by atoms with Crippen LogP contribution in [0.3, 0.4) is 0 Å². The summed E-state index contributed by atoms with van der Waals surface area (Å²) >= 11 is 0. The normalized spacial score (nSPS) is 15.7. The minimum atomic E-state index is 0.252. The SMILES string of the molecule is Cc1ccc(C)n1CCC(=O)N1CCC(c2nnc3ccccn23)CC1. The molecule has 0 spiro atoms. The first-order valence-electron chi connectivity index (χ1n) is 9.33. The van der Waals surface area contributed by atoms with Crippen molar-refractivity contribution in [2.45, 2.75) is 45.6 Å². The lowest BCUT2D eigenvalue weighted by Gasteiger charge is -2.31. The van der Waals surface area contributed by atoms with Crippen molar-refractivity contribution in [2.24, 2.45) is 0 Å². The second kappa shape index (κ2) is 6.94. The van der Waals surface area contributed by atoms with Crippen LogP contribution in [-0.2, 0) is 11.3 Å². The average molecular weight is 351 g/mol. The summed E-state index contributed by atoms with van der Waals surface area (Å²) in [6.07, 6.45) is 4.48. The molecule has 1 amide bonds. The first kappa shape index (κ1) is 16.8. The molecule has 1 saturated heterocycles. The smallest absolute Gasteiger partial charge is 0.224 e. The quantitative estimate of drug-likeness (QED) is 0.726. The van der Waals surface area contributed by atoms with Crippen LogP contribution in [0.2, 0.25) is 0 Å². The summed E-state index contributed by atoms with van der Waals surface area (Å²) in [4.78, 5) is 14.6. The van der Waals surface area contributed by atoms with Crippen LogP contribution in [0, 0.1) is 13.8 Å². The molecule has 0 N–H and O–H groups in total. The first-order valence-corrected chi connectivity index (χ1v) is 9.33. The second-order valence-corrected chi connectivity index (χ2v) is 7.16. The van der Waals surface area contributed by atoms with E-state index in [9.17, 15) is 4.79 Å². The van der Waals surface area contributed by atoms with Gasteiger partial charge in [0.1, 0.15) is 5.82 Å². The average Bonchev–Trinajstić information content (AvgIpc) is 3.23. The maximum Gasteiger partial charge on any atom is 0.224 e. The second-order valence-electron chi connectivity index (χ2n) is 7.16. The highest BCUT2D eigenvalue weighted by molar-refractivity contribution is 5.76. The van der Waals surface area contributed by atoms with Gasteiger partial charge in [-0.1, -0.05) is 6.07 Å². The number of nitrogens with zero attached hydrogens (tertiary/aromatic N) is 5. The number of fused-ring (bicyclic) bond motifs is 1. The van der Waals surface area contributed by atoms with Crippen molar-refractivity contribution >= 4 is 11.6 Å². The van der Waals surface area contributed by atoms with Crippen LogP contribution in [0.15, 0.2) is 36.5 Å². The highest BCUT2D eigenvalue weighted by Crippen LogP contribution is 2.27. The Bertz CT molecular complexity index is 898. The van der Waals surface area contributed by atoms with E-state index in [-0.39, 0.29) is 5.91 Å². The number of rotatable bonds is 4. The standard InChI is InChI=1S/C20H25N5O/c1-15-6-7-16(2)24(15)14-10-19(26)23-12-8-17(9-13-23)20-22-21-18-5-3-4-11-25(18)20/h3-7,11,17H,8-10,12-14H2,1-2H3. The Kier molecular flexibility index (Phi) is 4.49. The number of amides is 1. The Morgan fingerprint density at radius 3 is 2.54 bits per heavy atom. The van der Waals surface area contributed by atoms with E-state index in [0.717, 1.165) is 43.9 Å². The fourth-order valence-corrected chi connectivity index (χ4v) is 3.94. The molecule has 0 aromatic carbocycles. The summed E-state index contributed by atoms with van der Waals surface area (Å²) < 4.78 is 4.28. The Balaban J connectivity index is 1.35. The van der Waals surface area contributed by atoms with E-state index >= 15 is 0 Å². The molecule has 6 nitrogen and oxygen atoms in total. The summed E-state index contributed by atoms with van der Waals surface area (Å²) in [5.74, 6) is 1.64. The Hall–Kier alpha value is -2.63. The minimum Gasteiger partial charge on any atom is -0.349 e. The van der Waals surface area contributed by atoms with Crippen molar-refractivity contribution in [3.8, 4) is 0 Å². The highest BCUT2D eigenvalue weighted by Gasteiger charge is 2.26. The van der Waals surface area contributed by atoms with Crippen LogP contribution >= 0.6 is 0 Å². The van der Waals surface area contributed by atoms with E-state index in [2.05, 4.69) is 45.1 Å². The summed E-state index contributed by atoms with van der Waals surface area (Å²) in [5.41, 5.74) is 3.32. The number of carbonyl (C=O) groups is 1. The maximum absolute atomic E-state index is 12.6. The highest BCUT2D eigenvalue weighted by atomic mass is 16.2. The zero-order valence-electron chi connectivity index (χ0n) is 15.4. The lowest BCUT2D eigenvalue weighted by molar-refractivity contribution is -0.132. The van der Waals surface area contributed by atoms with E-state index in [1.165, 1.54) is 11.4 Å². The molecule has 1 fully saturated rings. The molecular formula is C20H25N5O. The number of likely N-dealkylation sites (tertiary alicyclic amines) is 1. The third-order valence-electron chi connectivity index (χ3n) is 5.52. The summed E-state index contributed by atoms with van der Waals surface area (Å²) in [6.45, 7) is 6.54. The summed E-state index contributed by atoms with van der Waals surface area (Å²) in [5, 5.41) is 8.64. The Morgan fingerprint density at radius 2 is 1.81 bits per heavy atom. The monoisotopic (exact) mass is 351 g/mol. The van der Waals surface area contributed by atoms with Crippen molar-refractivity contribution in [3.63, 3.8) is 0 Å². The summed E-state index contributed by atoms with van der Waals surface area (Å²) in [6, 6.07) is 10.2. The van der Waals surface area contributed by atoms with Crippen LogP contribution in [0.5, 0.6) is 0 Å². The molecule has 6 heteroatoms. The molecule has 26 heavy (non-hydrogen) atoms. The van der Waals surface area contributed by atoms with Gasteiger partial charge in [0.25, 0.3) is 0 Å². The zero-order valence-corrected chi connectivity index (χ0v) is 15.4. The maximum atomic E-state index is 12.6. The molecule has 0 radical (unpaired) electrons. The molecule has 0 unspecified atom stereocenters. The summed E-state index contributed by atoms with van der Waals surface area (Å²) in [7, 11) is 0. The molecule has 3 aromatic rings. The van der Waals surface area contributed by atoms with E-state index in [1.807, 2.05) is 29.3 Å². The lowest BCUT2D eigenvalue weighted by Crippen LogP contribution is -2.38. The van der Waals surface area contributed by atoms with Gasteiger partial charge < -0.3 is 9.47 Å². The molecule has 0 atom stereocenters. The molecule has 3 aromatic heterocycles. The number of hydrogen-bond donors (Lipinski definition) is 0. The molecule has 1 aliphatic heterocycles. The van der Waals surface area contributed by atoms with Gasteiger partial charge in [-0.25, -0.2) is 0 Å². The largest absolute Gasteiger partial charge is 0.349 e. The fraction of sp³-hybridized carbons (Fsp3) is 0.450. The van der Waals surface area contributed by atoms with Crippen molar-refractivity contribution in [2.75, 3.05) is 13.1 Å². The molecule has 4 rings (SSSR count). The van der Waals surface area contributed by atoms with Crippen LogP contribution in [0.4, 0.5) is 0 Å². The lowest BCUT2D eigenvalue weighted by atomic mass is 9.95. The topological polar surface area (TPSA) is 55.4 Å². The predicted molar refractivity (Wildman–Crippen MR) is 100 cm³/mol. The zero-order chi connectivity index (χ0) is 18.1. The first-order chi connectivity index (χ1) is 12.6. The molecular weight excluding hydrogens is 326 g/mol. The molecule has 4 heterocycles. The Morgan fingerprint density at radius 1 is 1.08 bits per heavy atom. The number of aromatic nitrogens is 4. The number of pyridine rings is 1.